The van der Waals surface area contributed by atoms with E-state index in [1.54, 1.807) is 6.08 Å². The van der Waals surface area contributed by atoms with Gasteiger partial charge in [0, 0.05) is 12.0 Å². The third kappa shape index (κ3) is 2.63. The maximum atomic E-state index is 13.6. The minimum absolute atomic E-state index is 0.105. The Labute approximate surface area is 141 Å². The molecule has 0 bridgehead atoms. The van der Waals surface area contributed by atoms with Gasteiger partial charge in [-0.1, -0.05) is 6.07 Å². The third-order valence-electron chi connectivity index (χ3n) is 4.19. The first-order valence-electron chi connectivity index (χ1n) is 7.64. The highest BCUT2D eigenvalue weighted by molar-refractivity contribution is 6.14. The molecule has 2 aliphatic heterocycles. The maximum absolute atomic E-state index is 13.6. The predicted molar refractivity (Wildman–Crippen MR) is 86.5 cm³/mol. The van der Waals surface area contributed by atoms with Crippen LogP contribution in [0.3, 0.4) is 0 Å². The molecule has 2 aliphatic rings. The van der Waals surface area contributed by atoms with E-state index in [9.17, 15) is 19.3 Å². The van der Waals surface area contributed by atoms with Gasteiger partial charge in [0.1, 0.15) is 18.2 Å². The first-order valence-corrected chi connectivity index (χ1v) is 7.64. The molecule has 0 atom stereocenters. The lowest BCUT2D eigenvalue weighted by Crippen LogP contribution is -2.20. The Bertz CT molecular complexity index is 951. The lowest BCUT2D eigenvalue weighted by molar-refractivity contribution is -0.386. The van der Waals surface area contributed by atoms with Gasteiger partial charge in [0.15, 0.2) is 5.78 Å². The van der Waals surface area contributed by atoms with E-state index in [-0.39, 0.29) is 17.9 Å². The number of halogens is 1. The molecule has 25 heavy (non-hydrogen) atoms. The number of hydrogen-bond donors (Lipinski definition) is 0. The number of ether oxygens (including phenoxy) is 2. The van der Waals surface area contributed by atoms with Gasteiger partial charge in [-0.05, 0) is 35.4 Å². The van der Waals surface area contributed by atoms with Crippen molar-refractivity contribution in [2.75, 3.05) is 13.2 Å². The molecule has 2 aromatic rings. The number of ketones is 1. The number of nitro groups is 1. The lowest BCUT2D eigenvalue weighted by atomic mass is 9.97. The first kappa shape index (κ1) is 15.3. The second kappa shape index (κ2) is 5.70. The van der Waals surface area contributed by atoms with Crippen LogP contribution >= 0.6 is 0 Å². The van der Waals surface area contributed by atoms with Crippen LogP contribution in [0.1, 0.15) is 21.5 Å². The number of hydrogen-bond acceptors (Lipinski definition) is 5. The summed E-state index contributed by atoms with van der Waals surface area (Å²) in [4.78, 5) is 22.9. The molecule has 0 aliphatic carbocycles. The molecule has 126 valence electrons. The van der Waals surface area contributed by atoms with Crippen LogP contribution in [0.25, 0.3) is 6.08 Å². The first-order chi connectivity index (χ1) is 12.0. The highest BCUT2D eigenvalue weighted by Gasteiger charge is 2.31. The van der Waals surface area contributed by atoms with E-state index >= 15 is 0 Å². The Morgan fingerprint density at radius 3 is 2.84 bits per heavy atom. The van der Waals surface area contributed by atoms with Crippen LogP contribution < -0.4 is 9.47 Å². The van der Waals surface area contributed by atoms with Crippen molar-refractivity contribution in [3.63, 3.8) is 0 Å². The van der Waals surface area contributed by atoms with Gasteiger partial charge in [-0.25, -0.2) is 4.39 Å². The Hall–Kier alpha value is -3.22. The number of carbonyl (C=O) groups is 1. The molecule has 0 fully saturated rings. The molecule has 0 saturated carbocycles. The molecule has 0 amide bonds. The summed E-state index contributed by atoms with van der Waals surface area (Å²) in [6, 6.07) is 7.29. The van der Waals surface area contributed by atoms with Crippen LogP contribution in [0.5, 0.6) is 11.5 Å². The highest BCUT2D eigenvalue weighted by Crippen LogP contribution is 2.37. The largest absolute Gasteiger partial charge is 0.493 e. The standard InChI is InChI=1S/C18H12FNO5/c19-13-7-14-17(21)12(9-25-18(14)15(8-13)20(22)23)6-10-1-2-16-11(5-10)3-4-24-16/h1-2,5-8H,3-4,9H2. The van der Waals surface area contributed by atoms with E-state index < -0.39 is 22.2 Å². The SMILES string of the molecule is O=C1C(=Cc2ccc3c(c2)CCO3)COc2c1cc(F)cc2[N+](=O)[O-]. The molecule has 0 saturated heterocycles. The van der Waals surface area contributed by atoms with Crippen LogP contribution in [0.15, 0.2) is 35.9 Å². The molecule has 0 unspecified atom stereocenters. The zero-order valence-corrected chi connectivity index (χ0v) is 13.0. The van der Waals surface area contributed by atoms with Gasteiger partial charge in [-0.2, -0.15) is 0 Å². The Balaban J connectivity index is 1.73. The van der Waals surface area contributed by atoms with Crippen LogP contribution in [0.2, 0.25) is 0 Å². The molecule has 0 aromatic heterocycles. The van der Waals surface area contributed by atoms with E-state index in [4.69, 9.17) is 9.47 Å². The zero-order valence-electron chi connectivity index (χ0n) is 13.0. The van der Waals surface area contributed by atoms with E-state index in [0.717, 1.165) is 35.4 Å². The minimum Gasteiger partial charge on any atom is -0.493 e. The van der Waals surface area contributed by atoms with Crippen LogP contribution in [-0.4, -0.2) is 23.9 Å². The second-order valence-electron chi connectivity index (χ2n) is 5.81. The van der Waals surface area contributed by atoms with Gasteiger partial charge in [-0.15, -0.1) is 0 Å². The monoisotopic (exact) mass is 341 g/mol. The van der Waals surface area contributed by atoms with E-state index in [1.165, 1.54) is 0 Å². The van der Waals surface area contributed by atoms with E-state index in [2.05, 4.69) is 0 Å². The lowest BCUT2D eigenvalue weighted by Gasteiger charge is -2.18. The average molecular weight is 341 g/mol. The third-order valence-corrected chi connectivity index (χ3v) is 4.19. The number of benzene rings is 2. The number of fused-ring (bicyclic) bond motifs is 2. The fourth-order valence-electron chi connectivity index (χ4n) is 3.03. The van der Waals surface area contributed by atoms with Crippen molar-refractivity contribution in [1.29, 1.82) is 0 Å². The van der Waals surface area contributed by atoms with Crippen molar-refractivity contribution in [2.24, 2.45) is 0 Å². The van der Waals surface area contributed by atoms with Gasteiger partial charge >= 0.3 is 5.69 Å². The van der Waals surface area contributed by atoms with Gasteiger partial charge in [-0.3, -0.25) is 14.9 Å². The second-order valence-corrected chi connectivity index (χ2v) is 5.81. The summed E-state index contributed by atoms with van der Waals surface area (Å²) in [5.74, 6) is -0.675. The van der Waals surface area contributed by atoms with Crippen LogP contribution in [-0.2, 0) is 6.42 Å². The Morgan fingerprint density at radius 1 is 1.20 bits per heavy atom. The Morgan fingerprint density at radius 2 is 2.04 bits per heavy atom. The number of nitrogens with zero attached hydrogens (tertiary/aromatic N) is 1. The molecule has 4 rings (SSSR count). The fourth-order valence-corrected chi connectivity index (χ4v) is 3.03. The molecule has 6 nitrogen and oxygen atoms in total. The van der Waals surface area contributed by atoms with E-state index in [1.807, 2.05) is 18.2 Å². The summed E-state index contributed by atoms with van der Waals surface area (Å²) < 4.78 is 24.5. The van der Waals surface area contributed by atoms with Crippen LogP contribution in [0.4, 0.5) is 10.1 Å². The molecule has 0 radical (unpaired) electrons. The molecule has 2 heterocycles. The quantitative estimate of drug-likeness (QED) is 0.476. The van der Waals surface area contributed by atoms with Crippen molar-refractivity contribution in [1.82, 2.24) is 0 Å². The van der Waals surface area contributed by atoms with Crippen LogP contribution in [0, 0.1) is 15.9 Å². The summed E-state index contributed by atoms with van der Waals surface area (Å²) in [7, 11) is 0. The van der Waals surface area contributed by atoms with Crippen molar-refractivity contribution in [3.8, 4) is 11.5 Å². The summed E-state index contributed by atoms with van der Waals surface area (Å²) >= 11 is 0. The molecule has 2 aromatic carbocycles. The topological polar surface area (TPSA) is 78.7 Å². The Kier molecular flexibility index (Phi) is 3.49. The van der Waals surface area contributed by atoms with Crippen molar-refractivity contribution in [2.45, 2.75) is 6.42 Å². The van der Waals surface area contributed by atoms with Crippen molar-refractivity contribution in [3.05, 3.63) is 68.5 Å². The normalized spacial score (nSPS) is 16.8. The van der Waals surface area contributed by atoms with Gasteiger partial charge in [0.05, 0.1) is 23.2 Å². The van der Waals surface area contributed by atoms with Crippen molar-refractivity contribution < 1.29 is 23.6 Å². The fraction of sp³-hybridized carbons (Fsp3) is 0.167. The summed E-state index contributed by atoms with van der Waals surface area (Å²) in [5.41, 5.74) is 1.49. The van der Waals surface area contributed by atoms with Gasteiger partial charge in [0.25, 0.3) is 0 Å². The number of carbonyl (C=O) groups excluding carboxylic acids is 1. The molecular formula is C18H12FNO5. The average Bonchev–Trinajstić information content (AvgIpc) is 3.05. The van der Waals surface area contributed by atoms with E-state index in [0.29, 0.717) is 12.2 Å². The molecule has 0 spiro atoms. The summed E-state index contributed by atoms with van der Waals surface area (Å²) in [6.07, 6.45) is 2.46. The molecule has 7 heteroatoms. The molecular weight excluding hydrogens is 329 g/mol. The maximum Gasteiger partial charge on any atom is 0.314 e. The minimum atomic E-state index is -0.849. The smallest absolute Gasteiger partial charge is 0.314 e. The summed E-state index contributed by atoms with van der Waals surface area (Å²) in [5, 5.41) is 11.0. The number of nitro benzene ring substituents is 1. The van der Waals surface area contributed by atoms with Gasteiger partial charge in [0.2, 0.25) is 5.75 Å². The summed E-state index contributed by atoms with van der Waals surface area (Å²) in [6.45, 7) is 0.527. The number of Topliss-reactive ketones (excluding diaryl/α,β-unsaturated/α-hetero) is 1. The van der Waals surface area contributed by atoms with Gasteiger partial charge < -0.3 is 9.47 Å². The molecule has 0 N–H and O–H groups in total. The number of rotatable bonds is 2. The predicted octanol–water partition coefficient (Wildman–Crippen LogP) is 3.33. The zero-order chi connectivity index (χ0) is 17.6. The van der Waals surface area contributed by atoms with Crippen molar-refractivity contribution >= 4 is 17.5 Å². The highest BCUT2D eigenvalue weighted by atomic mass is 19.1.